The van der Waals surface area contributed by atoms with Crippen molar-refractivity contribution in [3.8, 4) is 0 Å². The molecule has 2 unspecified atom stereocenters. The van der Waals surface area contributed by atoms with Crippen LogP contribution < -0.4 is 0 Å². The smallest absolute Gasteiger partial charge is 0.332 e. The Morgan fingerprint density at radius 1 is 1.44 bits per heavy atom. The van der Waals surface area contributed by atoms with Crippen LogP contribution in [0.15, 0.2) is 4.99 Å². The molecule has 0 heterocycles. The van der Waals surface area contributed by atoms with Crippen molar-refractivity contribution in [2.24, 2.45) is 4.99 Å². The number of halogens is 3. The van der Waals surface area contributed by atoms with Gasteiger partial charge in [-0.1, -0.05) is 41.7 Å². The van der Waals surface area contributed by atoms with Crippen molar-refractivity contribution in [1.29, 1.82) is 0 Å². The number of carbonyl (C=O) groups is 1. The van der Waals surface area contributed by atoms with E-state index in [0.29, 0.717) is 25.0 Å². The zero-order chi connectivity index (χ0) is 14.0. The van der Waals surface area contributed by atoms with Crippen molar-refractivity contribution >= 4 is 46.5 Å². The molecule has 0 N–H and O–H groups in total. The van der Waals surface area contributed by atoms with E-state index >= 15 is 0 Å². The minimum Gasteiger partial charge on any atom is -0.467 e. The molecule has 3 nitrogen and oxygen atoms in total. The molecular weight excluding hydrogens is 296 g/mol. The fourth-order valence-corrected chi connectivity index (χ4v) is 3.15. The number of hydrogen-bond donors (Lipinski definition) is 0. The maximum atomic E-state index is 11.9. The van der Waals surface area contributed by atoms with E-state index in [-0.39, 0.29) is 6.04 Å². The van der Waals surface area contributed by atoms with Gasteiger partial charge in [-0.3, -0.25) is 4.99 Å². The number of esters is 1. The Bertz CT molecular complexity index is 357. The summed E-state index contributed by atoms with van der Waals surface area (Å²) in [4.78, 5) is 15.0. The Kier molecular flexibility index (Phi) is 5.33. The van der Waals surface area contributed by atoms with Crippen LogP contribution in [-0.2, 0) is 9.53 Å². The van der Waals surface area contributed by atoms with Gasteiger partial charge in [0.25, 0.3) is 0 Å². The summed E-state index contributed by atoms with van der Waals surface area (Å²) in [6.07, 6.45) is 2.46. The summed E-state index contributed by atoms with van der Waals surface area (Å²) in [5, 5.41) is 0. The topological polar surface area (TPSA) is 38.7 Å². The van der Waals surface area contributed by atoms with Crippen molar-refractivity contribution in [3.63, 3.8) is 0 Å². The molecule has 6 heteroatoms. The average molecular weight is 315 g/mol. The third-order valence-electron chi connectivity index (χ3n) is 3.18. The quantitative estimate of drug-likeness (QED) is 0.588. The van der Waals surface area contributed by atoms with Crippen LogP contribution in [-0.4, -0.2) is 34.0 Å². The fraction of sp³-hybridized carbons (Fsp3) is 0.833. The summed E-state index contributed by atoms with van der Waals surface area (Å²) >= 11 is 18.9. The lowest BCUT2D eigenvalue weighted by Crippen LogP contribution is -2.53. The Labute approximate surface area is 123 Å². The van der Waals surface area contributed by atoms with Crippen molar-refractivity contribution in [2.75, 3.05) is 7.11 Å². The molecule has 0 aromatic heterocycles. The Morgan fingerprint density at radius 3 is 2.56 bits per heavy atom. The van der Waals surface area contributed by atoms with Crippen molar-refractivity contribution < 1.29 is 9.53 Å². The predicted octanol–water partition coefficient (Wildman–Crippen LogP) is 3.73. The first-order chi connectivity index (χ1) is 8.28. The van der Waals surface area contributed by atoms with Crippen LogP contribution in [0, 0.1) is 0 Å². The first-order valence-electron chi connectivity index (χ1n) is 6.02. The summed E-state index contributed by atoms with van der Waals surface area (Å²) in [6.45, 7) is 3.93. The minimum absolute atomic E-state index is 0.0118. The number of alkyl halides is 3. The number of hydrogen-bond acceptors (Lipinski definition) is 3. The van der Waals surface area contributed by atoms with Gasteiger partial charge in [0.2, 0.25) is 0 Å². The molecule has 1 rings (SSSR count). The van der Waals surface area contributed by atoms with Gasteiger partial charge in [-0.2, -0.15) is 0 Å². The van der Waals surface area contributed by atoms with E-state index < -0.39 is 15.2 Å². The van der Waals surface area contributed by atoms with Crippen molar-refractivity contribution in [2.45, 2.75) is 54.8 Å². The maximum Gasteiger partial charge on any atom is 0.332 e. The van der Waals surface area contributed by atoms with Gasteiger partial charge in [-0.05, 0) is 32.6 Å². The molecule has 1 saturated carbocycles. The third-order valence-corrected chi connectivity index (χ3v) is 4.44. The van der Waals surface area contributed by atoms with E-state index in [4.69, 9.17) is 39.5 Å². The second kappa shape index (κ2) is 5.98. The average Bonchev–Trinajstić information content (AvgIpc) is 2.32. The summed E-state index contributed by atoms with van der Waals surface area (Å²) in [5.74, 6) is -0.545. The standard InChI is InChI=1S/C12H18Cl3NO2/c1-4-8(2)16-9-11(13,10(17)18-3)6-5-7-12(9,14)15/h8H,4-7H2,1-3H3. The van der Waals surface area contributed by atoms with Crippen LogP contribution in [0.4, 0.5) is 0 Å². The largest absolute Gasteiger partial charge is 0.467 e. The zero-order valence-electron chi connectivity index (χ0n) is 10.8. The Morgan fingerprint density at radius 2 is 2.06 bits per heavy atom. The molecule has 0 aliphatic heterocycles. The second-order valence-corrected chi connectivity index (χ2v) is 6.71. The van der Waals surface area contributed by atoms with E-state index in [1.165, 1.54) is 7.11 Å². The lowest BCUT2D eigenvalue weighted by molar-refractivity contribution is -0.142. The number of rotatable bonds is 3. The highest BCUT2D eigenvalue weighted by atomic mass is 35.5. The molecule has 1 aliphatic carbocycles. The second-order valence-electron chi connectivity index (χ2n) is 4.59. The molecule has 0 amide bonds. The molecule has 0 aromatic rings. The highest BCUT2D eigenvalue weighted by Crippen LogP contribution is 2.44. The van der Waals surface area contributed by atoms with Crippen LogP contribution in [0.1, 0.15) is 39.5 Å². The number of aliphatic imine (C=N–C) groups is 1. The summed E-state index contributed by atoms with van der Waals surface area (Å²) in [5.41, 5.74) is 0.326. The third kappa shape index (κ3) is 3.12. The monoisotopic (exact) mass is 313 g/mol. The van der Waals surface area contributed by atoms with Gasteiger partial charge >= 0.3 is 5.97 Å². The molecule has 0 saturated heterocycles. The normalized spacial score (nSPS) is 31.1. The van der Waals surface area contributed by atoms with Crippen molar-refractivity contribution in [1.82, 2.24) is 0 Å². The first kappa shape index (κ1) is 16.1. The summed E-state index contributed by atoms with van der Waals surface area (Å²) in [7, 11) is 1.30. The molecule has 1 aliphatic rings. The fourth-order valence-electron chi connectivity index (χ4n) is 1.95. The van der Waals surface area contributed by atoms with Crippen LogP contribution in [0.2, 0.25) is 0 Å². The number of methoxy groups -OCH3 is 1. The number of nitrogens with zero attached hydrogens (tertiary/aromatic N) is 1. The molecule has 0 spiro atoms. The molecule has 2 atom stereocenters. The van der Waals surface area contributed by atoms with Gasteiger partial charge in [0, 0.05) is 6.04 Å². The van der Waals surface area contributed by atoms with E-state index in [9.17, 15) is 4.79 Å². The van der Waals surface area contributed by atoms with Crippen molar-refractivity contribution in [3.05, 3.63) is 0 Å². The van der Waals surface area contributed by atoms with E-state index in [0.717, 1.165) is 6.42 Å². The van der Waals surface area contributed by atoms with Gasteiger partial charge < -0.3 is 4.74 Å². The van der Waals surface area contributed by atoms with Crippen LogP contribution in [0.25, 0.3) is 0 Å². The number of ether oxygens (including phenoxy) is 1. The highest BCUT2D eigenvalue weighted by molar-refractivity contribution is 6.65. The lowest BCUT2D eigenvalue weighted by Gasteiger charge is -2.38. The molecule has 0 aromatic carbocycles. The van der Waals surface area contributed by atoms with Gasteiger partial charge in [-0.15, -0.1) is 0 Å². The van der Waals surface area contributed by atoms with Gasteiger partial charge in [0.1, 0.15) is 0 Å². The molecule has 18 heavy (non-hydrogen) atoms. The molecule has 0 radical (unpaired) electrons. The van der Waals surface area contributed by atoms with Gasteiger partial charge in [0.05, 0.1) is 12.8 Å². The van der Waals surface area contributed by atoms with Crippen LogP contribution >= 0.6 is 34.8 Å². The van der Waals surface area contributed by atoms with Crippen LogP contribution in [0.5, 0.6) is 0 Å². The van der Waals surface area contributed by atoms with Gasteiger partial charge in [-0.25, -0.2) is 4.79 Å². The number of carbonyl (C=O) groups excluding carboxylic acids is 1. The zero-order valence-corrected chi connectivity index (χ0v) is 13.1. The minimum atomic E-state index is -1.33. The van der Waals surface area contributed by atoms with E-state index in [1.54, 1.807) is 0 Å². The SMILES string of the molecule is CCC(C)N=C1C(Cl)(Cl)CCCC1(Cl)C(=O)OC. The first-order valence-corrected chi connectivity index (χ1v) is 7.15. The molecule has 104 valence electrons. The van der Waals surface area contributed by atoms with Gasteiger partial charge in [0.15, 0.2) is 9.21 Å². The maximum absolute atomic E-state index is 11.9. The molecular formula is C12H18Cl3NO2. The van der Waals surface area contributed by atoms with Crippen LogP contribution in [0.3, 0.4) is 0 Å². The highest BCUT2D eigenvalue weighted by Gasteiger charge is 2.54. The Hall–Kier alpha value is 0.01000. The summed E-state index contributed by atoms with van der Waals surface area (Å²) in [6, 6.07) is 0.0118. The van der Waals surface area contributed by atoms with E-state index in [1.807, 2.05) is 13.8 Å². The summed E-state index contributed by atoms with van der Waals surface area (Å²) < 4.78 is 3.57. The predicted molar refractivity (Wildman–Crippen MR) is 76.1 cm³/mol. The van der Waals surface area contributed by atoms with E-state index in [2.05, 4.69) is 4.99 Å². The molecule has 0 bridgehead atoms. The lowest BCUT2D eigenvalue weighted by atomic mass is 9.85. The Balaban J connectivity index is 3.22. The molecule has 1 fully saturated rings.